The van der Waals surface area contributed by atoms with Gasteiger partial charge in [0.1, 0.15) is 5.82 Å². The average Bonchev–Trinajstić information content (AvgIpc) is 2.20. The fourth-order valence-electron chi connectivity index (χ4n) is 1.14. The molecule has 0 atom stereocenters. The summed E-state index contributed by atoms with van der Waals surface area (Å²) in [4.78, 5) is 10.5. The van der Waals surface area contributed by atoms with Gasteiger partial charge >= 0.3 is 0 Å². The van der Waals surface area contributed by atoms with Gasteiger partial charge in [-0.1, -0.05) is 0 Å². The van der Waals surface area contributed by atoms with Crippen molar-refractivity contribution in [2.45, 2.75) is 6.42 Å². The van der Waals surface area contributed by atoms with Crippen LogP contribution in [-0.2, 0) is 6.42 Å². The molecule has 3 nitrogen and oxygen atoms in total. The van der Waals surface area contributed by atoms with Crippen molar-refractivity contribution in [3.8, 4) is 12.1 Å². The number of aldehydes is 1. The average molecular weight is 188 g/mol. The van der Waals surface area contributed by atoms with Crippen LogP contribution in [0.1, 0.15) is 21.5 Å². The van der Waals surface area contributed by atoms with E-state index < -0.39 is 5.82 Å². The van der Waals surface area contributed by atoms with Crippen molar-refractivity contribution in [3.05, 3.63) is 34.6 Å². The zero-order valence-electron chi connectivity index (χ0n) is 7.12. The van der Waals surface area contributed by atoms with Crippen LogP contribution in [0.5, 0.6) is 0 Å². The lowest BCUT2D eigenvalue weighted by molar-refractivity contribution is 0.112. The summed E-state index contributed by atoms with van der Waals surface area (Å²) in [7, 11) is 0. The predicted octanol–water partition coefficient (Wildman–Crippen LogP) is 1.58. The number of benzene rings is 1. The number of nitriles is 2. The highest BCUT2D eigenvalue weighted by Crippen LogP contribution is 2.15. The Labute approximate surface area is 80.0 Å². The maximum atomic E-state index is 12.8. The minimum absolute atomic E-state index is 0.0358. The Morgan fingerprint density at radius 1 is 1.43 bits per heavy atom. The van der Waals surface area contributed by atoms with Gasteiger partial charge in [0.25, 0.3) is 0 Å². The van der Waals surface area contributed by atoms with Crippen molar-refractivity contribution in [2.24, 2.45) is 0 Å². The largest absolute Gasteiger partial charge is 0.298 e. The summed E-state index contributed by atoms with van der Waals surface area (Å²) in [6, 6.07) is 5.59. The summed E-state index contributed by atoms with van der Waals surface area (Å²) < 4.78 is 12.8. The van der Waals surface area contributed by atoms with Crippen molar-refractivity contribution in [2.75, 3.05) is 0 Å². The SMILES string of the molecule is N#CCc1c(C#N)cc(F)cc1C=O. The normalized spacial score (nSPS) is 8.79. The standard InChI is InChI=1S/C10H5FN2O/c11-9-3-7(5-13)10(1-2-12)8(4-9)6-14/h3-4,6H,1H2. The Kier molecular flexibility index (Phi) is 2.93. The highest BCUT2D eigenvalue weighted by Gasteiger charge is 2.09. The van der Waals surface area contributed by atoms with E-state index in [1.165, 1.54) is 0 Å². The van der Waals surface area contributed by atoms with E-state index in [2.05, 4.69) is 0 Å². The fourth-order valence-corrected chi connectivity index (χ4v) is 1.14. The van der Waals surface area contributed by atoms with Crippen LogP contribution < -0.4 is 0 Å². The molecule has 1 rings (SSSR count). The third-order valence-corrected chi connectivity index (χ3v) is 1.75. The molecule has 0 aliphatic heterocycles. The maximum Gasteiger partial charge on any atom is 0.150 e. The lowest BCUT2D eigenvalue weighted by Gasteiger charge is -2.02. The second-order valence-electron chi connectivity index (χ2n) is 2.59. The number of hydrogen-bond acceptors (Lipinski definition) is 3. The summed E-state index contributed by atoms with van der Waals surface area (Å²) in [5, 5.41) is 17.1. The topological polar surface area (TPSA) is 64.7 Å². The molecule has 0 aliphatic carbocycles. The molecule has 0 saturated heterocycles. The van der Waals surface area contributed by atoms with E-state index >= 15 is 0 Å². The van der Waals surface area contributed by atoms with E-state index in [9.17, 15) is 9.18 Å². The van der Waals surface area contributed by atoms with E-state index in [4.69, 9.17) is 10.5 Å². The van der Waals surface area contributed by atoms with Crippen LogP contribution in [0.15, 0.2) is 12.1 Å². The number of carbonyl (C=O) groups is 1. The van der Waals surface area contributed by atoms with E-state index in [-0.39, 0.29) is 23.1 Å². The molecular weight excluding hydrogens is 183 g/mol. The molecule has 0 saturated carbocycles. The molecule has 0 amide bonds. The second kappa shape index (κ2) is 4.15. The van der Waals surface area contributed by atoms with Crippen molar-refractivity contribution < 1.29 is 9.18 Å². The molecule has 68 valence electrons. The second-order valence-corrected chi connectivity index (χ2v) is 2.59. The third kappa shape index (κ3) is 1.75. The molecule has 1 aromatic rings. The number of hydrogen-bond donors (Lipinski definition) is 0. The van der Waals surface area contributed by atoms with Gasteiger partial charge in [-0.25, -0.2) is 4.39 Å². The van der Waals surface area contributed by atoms with Gasteiger partial charge in [0.05, 0.1) is 24.1 Å². The first-order chi connectivity index (χ1) is 6.72. The van der Waals surface area contributed by atoms with Gasteiger partial charge in [0, 0.05) is 5.56 Å². The molecule has 0 aromatic heterocycles. The number of rotatable bonds is 2. The van der Waals surface area contributed by atoms with Gasteiger partial charge in [-0.15, -0.1) is 0 Å². The van der Waals surface area contributed by atoms with E-state index in [0.717, 1.165) is 12.1 Å². The first kappa shape index (κ1) is 9.88. The first-order valence-corrected chi connectivity index (χ1v) is 3.77. The molecule has 14 heavy (non-hydrogen) atoms. The molecule has 0 spiro atoms. The fraction of sp³-hybridized carbons (Fsp3) is 0.100. The maximum absolute atomic E-state index is 12.8. The summed E-state index contributed by atoms with van der Waals surface area (Å²) in [5.41, 5.74) is 0.378. The van der Waals surface area contributed by atoms with Crippen LogP contribution in [-0.4, -0.2) is 6.29 Å². The lowest BCUT2D eigenvalue weighted by atomic mass is 10.00. The highest BCUT2D eigenvalue weighted by molar-refractivity contribution is 5.79. The summed E-state index contributed by atoms with van der Waals surface area (Å²) in [5.74, 6) is -0.648. The van der Waals surface area contributed by atoms with Gasteiger partial charge in [-0.05, 0) is 17.7 Å². The molecule has 0 heterocycles. The van der Waals surface area contributed by atoms with E-state index in [1.54, 1.807) is 6.07 Å². The van der Waals surface area contributed by atoms with Gasteiger partial charge < -0.3 is 0 Å². The Morgan fingerprint density at radius 3 is 2.64 bits per heavy atom. The van der Waals surface area contributed by atoms with Crippen LogP contribution in [0.3, 0.4) is 0 Å². The van der Waals surface area contributed by atoms with Crippen LogP contribution in [0.25, 0.3) is 0 Å². The molecule has 0 bridgehead atoms. The minimum atomic E-state index is -0.648. The van der Waals surface area contributed by atoms with E-state index in [1.807, 2.05) is 6.07 Å². The molecule has 0 radical (unpaired) electrons. The number of halogens is 1. The molecule has 0 N–H and O–H groups in total. The molecular formula is C10H5FN2O. The molecule has 0 unspecified atom stereocenters. The zero-order valence-corrected chi connectivity index (χ0v) is 7.12. The predicted molar refractivity (Wildman–Crippen MR) is 45.8 cm³/mol. The minimum Gasteiger partial charge on any atom is -0.298 e. The van der Waals surface area contributed by atoms with Gasteiger partial charge in [0.15, 0.2) is 6.29 Å². The van der Waals surface area contributed by atoms with Crippen LogP contribution in [0, 0.1) is 28.5 Å². The first-order valence-electron chi connectivity index (χ1n) is 3.77. The Hall–Kier alpha value is -2.20. The number of nitrogens with zero attached hydrogens (tertiary/aromatic N) is 2. The van der Waals surface area contributed by atoms with Gasteiger partial charge in [-0.2, -0.15) is 10.5 Å². The van der Waals surface area contributed by atoms with Gasteiger partial charge in [0.2, 0.25) is 0 Å². The highest BCUT2D eigenvalue weighted by atomic mass is 19.1. The molecule has 4 heteroatoms. The lowest BCUT2D eigenvalue weighted by Crippen LogP contribution is -1.97. The van der Waals surface area contributed by atoms with Crippen LogP contribution in [0.2, 0.25) is 0 Å². The Bertz CT molecular complexity index is 454. The summed E-state index contributed by atoms with van der Waals surface area (Å²) >= 11 is 0. The summed E-state index contributed by atoms with van der Waals surface area (Å²) in [6.07, 6.45) is 0.369. The van der Waals surface area contributed by atoms with Crippen molar-refractivity contribution in [3.63, 3.8) is 0 Å². The number of carbonyl (C=O) groups excluding carboxylic acids is 1. The monoisotopic (exact) mass is 188 g/mol. The zero-order chi connectivity index (χ0) is 10.6. The Morgan fingerprint density at radius 2 is 2.14 bits per heavy atom. The third-order valence-electron chi connectivity index (χ3n) is 1.75. The quantitative estimate of drug-likeness (QED) is 0.661. The van der Waals surface area contributed by atoms with Crippen LogP contribution in [0.4, 0.5) is 4.39 Å². The van der Waals surface area contributed by atoms with E-state index in [0.29, 0.717) is 6.29 Å². The molecule has 0 fully saturated rings. The smallest absolute Gasteiger partial charge is 0.150 e. The van der Waals surface area contributed by atoms with Crippen molar-refractivity contribution in [1.82, 2.24) is 0 Å². The van der Waals surface area contributed by atoms with Crippen LogP contribution >= 0.6 is 0 Å². The molecule has 1 aromatic carbocycles. The summed E-state index contributed by atoms with van der Waals surface area (Å²) in [6.45, 7) is 0. The van der Waals surface area contributed by atoms with Crippen molar-refractivity contribution in [1.29, 1.82) is 10.5 Å². The van der Waals surface area contributed by atoms with Crippen molar-refractivity contribution >= 4 is 6.29 Å². The Balaban J connectivity index is 3.43. The van der Waals surface area contributed by atoms with Gasteiger partial charge in [-0.3, -0.25) is 4.79 Å². The molecule has 0 aliphatic rings.